The molecule has 0 amide bonds. The second kappa shape index (κ2) is 29.3. The Morgan fingerprint density at radius 1 is 0.543 bits per heavy atom. The van der Waals surface area contributed by atoms with E-state index >= 15 is 0 Å². The second-order valence-corrected chi connectivity index (χ2v) is 28.7. The van der Waals surface area contributed by atoms with Crippen LogP contribution < -0.4 is 0 Å². The standard InChI is InChI=1S/C62H100O32/c1-22(19-82-54-46(77)44(75)41(72)34(16-63)87-54)9-12-62(81-6)23(2)37-33(94-62)14-28-26-8-7-25-13-32(29(66)15-61(25,5)27(26)10-11-60(28,37)4)86-56-48(79)45(76)50(36(18-65)89-56)90-57-49(80)51(42(73)35(17-64)88-57)91-58-53(40(71)31(68)20-83-58)93-59-52(39(70)30(67)21-84-59)92-55-47(78)43(74)38(69)24(3)85-55/h23-28,30-59,63-65,67-80H,1,7-21H2,2-6H3. The molecule has 4 saturated carbocycles. The topological polar surface area (TPSA) is 490 Å². The van der Waals surface area contributed by atoms with Crippen LogP contribution >= 0.6 is 0 Å². The number of carbonyl (C=O) groups is 1. The van der Waals surface area contributed by atoms with E-state index in [1.807, 2.05) is 0 Å². The summed E-state index contributed by atoms with van der Waals surface area (Å²) < 4.78 is 83.3. The number of carbonyl (C=O) groups excluding carboxylic acids is 1. The largest absolute Gasteiger partial charge is 0.394 e. The van der Waals surface area contributed by atoms with Crippen LogP contribution in [0.1, 0.15) is 85.5 Å². The van der Waals surface area contributed by atoms with Crippen LogP contribution in [0, 0.1) is 46.3 Å². The average molecular weight is 1360 g/mol. The summed E-state index contributed by atoms with van der Waals surface area (Å²) in [5.41, 5.74) is 0.185. The number of fused-ring (bicyclic) bond motifs is 7. The average Bonchev–Trinajstić information content (AvgIpc) is 1.49. The van der Waals surface area contributed by atoms with E-state index in [1.165, 1.54) is 6.92 Å². The van der Waals surface area contributed by atoms with Gasteiger partial charge in [-0.25, -0.2) is 0 Å². The van der Waals surface area contributed by atoms with Crippen LogP contribution in [0.5, 0.6) is 0 Å². The summed E-state index contributed by atoms with van der Waals surface area (Å²) in [5.74, 6) is -0.0849. The molecule has 11 fully saturated rings. The van der Waals surface area contributed by atoms with Crippen LogP contribution in [0.15, 0.2) is 12.2 Å². The van der Waals surface area contributed by atoms with Crippen molar-refractivity contribution in [3.05, 3.63) is 12.2 Å². The molecular weight excluding hydrogens is 1260 g/mol. The van der Waals surface area contributed by atoms with E-state index in [9.17, 15) is 91.6 Å². The Balaban J connectivity index is 0.695. The summed E-state index contributed by atoms with van der Waals surface area (Å²) in [6.45, 7) is 8.71. The third-order valence-corrected chi connectivity index (χ3v) is 23.4. The van der Waals surface area contributed by atoms with E-state index in [0.29, 0.717) is 36.7 Å². The van der Waals surface area contributed by atoms with Gasteiger partial charge in [-0.3, -0.25) is 4.79 Å². The molecule has 0 bridgehead atoms. The Kier molecular flexibility index (Phi) is 22.8. The van der Waals surface area contributed by atoms with Gasteiger partial charge >= 0.3 is 0 Å². The molecule has 11 aliphatic rings. The van der Waals surface area contributed by atoms with Gasteiger partial charge in [-0.1, -0.05) is 32.9 Å². The number of rotatable bonds is 20. The molecule has 94 heavy (non-hydrogen) atoms. The second-order valence-electron chi connectivity index (χ2n) is 28.7. The van der Waals surface area contributed by atoms with Gasteiger partial charge in [-0.2, -0.15) is 0 Å². The molecule has 39 atom stereocenters. The van der Waals surface area contributed by atoms with Gasteiger partial charge in [-0.15, -0.1) is 0 Å². The Bertz CT molecular complexity index is 2540. The summed E-state index contributed by atoms with van der Waals surface area (Å²) in [6, 6.07) is 0. The Labute approximate surface area is 543 Å². The molecule has 0 spiro atoms. The molecule has 0 aromatic rings. The lowest BCUT2D eigenvalue weighted by molar-refractivity contribution is -0.394. The van der Waals surface area contributed by atoms with Crippen molar-refractivity contribution in [2.24, 2.45) is 46.3 Å². The fraction of sp³-hybridized carbons (Fsp3) is 0.952. The minimum atomic E-state index is -2.09. The molecule has 0 aromatic heterocycles. The fourth-order valence-corrected chi connectivity index (χ4v) is 18.0. The molecular formula is C62H100O32. The van der Waals surface area contributed by atoms with Crippen LogP contribution in [0.3, 0.4) is 0 Å². The van der Waals surface area contributed by atoms with Crippen LogP contribution in [-0.4, -0.2) is 329 Å². The van der Waals surface area contributed by atoms with Gasteiger partial charge in [0.15, 0.2) is 49.3 Å². The first kappa shape index (κ1) is 73.4. The van der Waals surface area contributed by atoms with Crippen LogP contribution in [0.4, 0.5) is 0 Å². The normalized spacial score (nSPS) is 54.6. The van der Waals surface area contributed by atoms with E-state index in [2.05, 4.69) is 27.4 Å². The molecule has 17 N–H and O–H groups in total. The van der Waals surface area contributed by atoms with Gasteiger partial charge < -0.3 is 153 Å². The van der Waals surface area contributed by atoms with Gasteiger partial charge in [-0.05, 0) is 92.3 Å². The zero-order chi connectivity index (χ0) is 67.9. The minimum absolute atomic E-state index is 0.00548. The highest BCUT2D eigenvalue weighted by Crippen LogP contribution is 2.71. The van der Waals surface area contributed by atoms with Crippen molar-refractivity contribution in [2.75, 3.05) is 46.8 Å². The summed E-state index contributed by atoms with van der Waals surface area (Å²) in [5, 5.41) is 183. The predicted molar refractivity (Wildman–Crippen MR) is 309 cm³/mol. The number of hydrogen-bond acceptors (Lipinski definition) is 32. The molecule has 7 heterocycles. The first-order valence-corrected chi connectivity index (χ1v) is 33.1. The molecule has 540 valence electrons. The Morgan fingerprint density at radius 2 is 1.09 bits per heavy atom. The SMILES string of the molecule is C=C(CCC1(OC)OC2CC3C4CCC5CC(OC6OC(CO)C(OC7OC(CO)C(O)C(OC8OCC(O)C(O)C8OC8OCC(O)C(O)C8OC8OC(C)C(O)C(O)C8O)C7O)C(O)C6O)C(=O)CC5(C)C4CCC3(C)C2C1C)COC1OC(CO)C(O)C(O)C1O. The maximum Gasteiger partial charge on any atom is 0.187 e. The number of aliphatic hydroxyl groups is 17. The van der Waals surface area contributed by atoms with E-state index in [-0.39, 0.29) is 59.4 Å². The number of methoxy groups -OCH3 is 1. The molecule has 7 saturated heterocycles. The van der Waals surface area contributed by atoms with Gasteiger partial charge in [0.2, 0.25) is 0 Å². The van der Waals surface area contributed by atoms with Crippen LogP contribution in [-0.2, 0) is 71.1 Å². The number of aliphatic hydroxyl groups excluding tert-OH is 17. The smallest absolute Gasteiger partial charge is 0.187 e. The Morgan fingerprint density at radius 3 is 1.72 bits per heavy atom. The third-order valence-electron chi connectivity index (χ3n) is 23.4. The van der Waals surface area contributed by atoms with Crippen molar-refractivity contribution >= 4 is 5.78 Å². The number of Topliss-reactive ketones (excluding diaryl/α,β-unsaturated/α-hetero) is 1. The zero-order valence-corrected chi connectivity index (χ0v) is 53.3. The summed E-state index contributed by atoms with van der Waals surface area (Å²) >= 11 is 0. The predicted octanol–water partition coefficient (Wildman–Crippen LogP) is -6.25. The molecule has 0 radical (unpaired) electrons. The molecule has 4 aliphatic carbocycles. The first-order valence-electron chi connectivity index (χ1n) is 33.1. The monoisotopic (exact) mass is 1360 g/mol. The molecule has 32 heteroatoms. The molecule has 7 aliphatic heterocycles. The van der Waals surface area contributed by atoms with Crippen molar-refractivity contribution in [1.82, 2.24) is 0 Å². The maximum absolute atomic E-state index is 14.5. The number of ether oxygens (including phenoxy) is 14. The summed E-state index contributed by atoms with van der Waals surface area (Å²) in [4.78, 5) is 14.5. The van der Waals surface area contributed by atoms with Crippen molar-refractivity contribution in [2.45, 2.75) is 276 Å². The molecule has 32 nitrogen and oxygen atoms in total. The summed E-state index contributed by atoms with van der Waals surface area (Å²) in [7, 11) is 1.65. The van der Waals surface area contributed by atoms with Crippen LogP contribution in [0.25, 0.3) is 0 Å². The van der Waals surface area contributed by atoms with E-state index in [4.69, 9.17) is 66.3 Å². The van der Waals surface area contributed by atoms with Crippen LogP contribution in [0.2, 0.25) is 0 Å². The lowest BCUT2D eigenvalue weighted by Crippen LogP contribution is -2.67. The van der Waals surface area contributed by atoms with E-state index in [1.54, 1.807) is 7.11 Å². The lowest BCUT2D eigenvalue weighted by Gasteiger charge is -2.61. The molecule has 0 aromatic carbocycles. The third kappa shape index (κ3) is 13.4. The quantitative estimate of drug-likeness (QED) is 0.0398. The highest BCUT2D eigenvalue weighted by atomic mass is 16.8. The number of hydrogen-bond donors (Lipinski definition) is 17. The molecule has 39 unspecified atom stereocenters. The van der Waals surface area contributed by atoms with Crippen molar-refractivity contribution in [3.8, 4) is 0 Å². The van der Waals surface area contributed by atoms with Gasteiger partial charge in [0, 0.05) is 25.9 Å². The Hall–Kier alpha value is -1.83. The lowest BCUT2D eigenvalue weighted by atomic mass is 9.44. The maximum atomic E-state index is 14.5. The van der Waals surface area contributed by atoms with Gasteiger partial charge in [0.05, 0.1) is 51.8 Å². The highest BCUT2D eigenvalue weighted by Gasteiger charge is 2.70. The first-order chi connectivity index (χ1) is 44.5. The van der Waals surface area contributed by atoms with Crippen molar-refractivity contribution in [3.63, 3.8) is 0 Å². The van der Waals surface area contributed by atoms with Gasteiger partial charge in [0.1, 0.15) is 134 Å². The molecule has 11 rings (SSSR count). The zero-order valence-electron chi connectivity index (χ0n) is 53.3. The minimum Gasteiger partial charge on any atom is -0.394 e. The number of ketones is 1. The van der Waals surface area contributed by atoms with Crippen molar-refractivity contribution in [1.29, 1.82) is 0 Å². The van der Waals surface area contributed by atoms with Gasteiger partial charge in [0.25, 0.3) is 0 Å². The summed E-state index contributed by atoms with van der Waals surface area (Å²) in [6.07, 6.45) is -43.0. The fourth-order valence-electron chi connectivity index (χ4n) is 18.0. The highest BCUT2D eigenvalue weighted by molar-refractivity contribution is 5.84. The van der Waals surface area contributed by atoms with E-state index in [0.717, 1.165) is 32.1 Å². The van der Waals surface area contributed by atoms with E-state index < -0.39 is 217 Å². The van der Waals surface area contributed by atoms with Crippen molar-refractivity contribution < 1.29 is 158 Å².